The van der Waals surface area contributed by atoms with Gasteiger partial charge in [-0.05, 0) is 17.7 Å². The number of rotatable bonds is 4. The number of aliphatic hydroxyl groups excluding tert-OH is 2. The molecule has 2 N–H and O–H groups in total. The van der Waals surface area contributed by atoms with Gasteiger partial charge in [0.25, 0.3) is 0 Å². The van der Waals surface area contributed by atoms with Crippen molar-refractivity contribution in [2.24, 2.45) is 4.99 Å². The number of halogens is 1. The molecular weight excluding hydrogens is 262 g/mol. The van der Waals surface area contributed by atoms with Crippen molar-refractivity contribution in [2.45, 2.75) is 12.2 Å². The molecule has 0 saturated carbocycles. The molecular formula is C10H10BrNO3. The normalized spacial score (nSPS) is 14.1. The maximum atomic E-state index is 9.96. The molecule has 0 bridgehead atoms. The molecule has 2 unspecified atom stereocenters. The van der Waals surface area contributed by atoms with E-state index < -0.39 is 12.2 Å². The van der Waals surface area contributed by atoms with Crippen molar-refractivity contribution in [3.63, 3.8) is 0 Å². The number of nitrogens with zero attached hydrogens (tertiary/aromatic N) is 1. The van der Waals surface area contributed by atoms with Crippen LogP contribution in [0.15, 0.2) is 29.3 Å². The van der Waals surface area contributed by atoms with Gasteiger partial charge in [-0.2, -0.15) is 4.99 Å². The SMILES string of the molecule is O=C=Nc1ccc(C(O)C(O)CBr)cc1. The Hall–Kier alpha value is -1.00. The summed E-state index contributed by atoms with van der Waals surface area (Å²) in [6.45, 7) is 0. The zero-order valence-electron chi connectivity index (χ0n) is 7.80. The van der Waals surface area contributed by atoms with E-state index in [2.05, 4.69) is 20.9 Å². The third-order valence-electron chi connectivity index (χ3n) is 1.93. The summed E-state index contributed by atoms with van der Waals surface area (Å²) >= 11 is 3.07. The molecule has 1 rings (SSSR count). The van der Waals surface area contributed by atoms with Gasteiger partial charge in [-0.15, -0.1) is 0 Å². The van der Waals surface area contributed by atoms with Gasteiger partial charge in [-0.25, -0.2) is 4.79 Å². The summed E-state index contributed by atoms with van der Waals surface area (Å²) in [5, 5.41) is 19.3. The summed E-state index contributed by atoms with van der Waals surface area (Å²) < 4.78 is 0. The van der Waals surface area contributed by atoms with E-state index in [9.17, 15) is 15.0 Å². The van der Waals surface area contributed by atoms with Crippen molar-refractivity contribution in [1.82, 2.24) is 0 Å². The fourth-order valence-electron chi connectivity index (χ4n) is 1.11. The summed E-state index contributed by atoms with van der Waals surface area (Å²) in [4.78, 5) is 13.4. The van der Waals surface area contributed by atoms with Gasteiger partial charge in [-0.1, -0.05) is 28.1 Å². The highest BCUT2D eigenvalue weighted by atomic mass is 79.9. The maximum absolute atomic E-state index is 9.96. The molecule has 15 heavy (non-hydrogen) atoms. The van der Waals surface area contributed by atoms with Crippen molar-refractivity contribution in [1.29, 1.82) is 0 Å². The van der Waals surface area contributed by atoms with Crippen molar-refractivity contribution in [3.05, 3.63) is 29.8 Å². The molecule has 0 spiro atoms. The van der Waals surface area contributed by atoms with Crippen molar-refractivity contribution in [3.8, 4) is 0 Å². The first-order valence-corrected chi connectivity index (χ1v) is 5.41. The zero-order chi connectivity index (χ0) is 11.3. The third kappa shape index (κ3) is 3.25. The Morgan fingerprint density at radius 3 is 2.40 bits per heavy atom. The van der Waals surface area contributed by atoms with E-state index in [1.165, 1.54) is 6.08 Å². The summed E-state index contributed by atoms with van der Waals surface area (Å²) in [5.74, 6) is 0. The number of benzene rings is 1. The number of aliphatic hydroxyl groups is 2. The minimum Gasteiger partial charge on any atom is -0.389 e. The first-order chi connectivity index (χ1) is 7.19. The second-order valence-corrected chi connectivity index (χ2v) is 3.61. The molecule has 4 nitrogen and oxygen atoms in total. The molecule has 0 aromatic heterocycles. The Bertz CT molecular complexity index is 359. The van der Waals surface area contributed by atoms with E-state index >= 15 is 0 Å². The predicted octanol–water partition coefficient (Wildman–Crippen LogP) is 1.44. The highest BCUT2D eigenvalue weighted by Crippen LogP contribution is 2.21. The minimum absolute atomic E-state index is 0.294. The Balaban J connectivity index is 2.83. The van der Waals surface area contributed by atoms with Crippen LogP contribution in [0.1, 0.15) is 11.7 Å². The molecule has 0 radical (unpaired) electrons. The van der Waals surface area contributed by atoms with E-state index in [0.717, 1.165) is 0 Å². The van der Waals surface area contributed by atoms with Gasteiger partial charge in [0.15, 0.2) is 0 Å². The van der Waals surface area contributed by atoms with E-state index in [1.807, 2.05) is 0 Å². The lowest BCUT2D eigenvalue weighted by Crippen LogP contribution is -2.19. The molecule has 0 amide bonds. The first kappa shape index (κ1) is 12.1. The lowest BCUT2D eigenvalue weighted by molar-refractivity contribution is 0.0343. The Kier molecular flexibility index (Phi) is 4.65. The molecule has 0 heterocycles. The maximum Gasteiger partial charge on any atom is 0.240 e. The standard InChI is InChI=1S/C10H10BrNO3/c11-5-9(14)10(15)7-1-3-8(4-2-7)12-6-13/h1-4,9-10,14-15H,5H2. The van der Waals surface area contributed by atoms with E-state index in [-0.39, 0.29) is 0 Å². The number of isocyanates is 1. The minimum atomic E-state index is -0.946. The van der Waals surface area contributed by atoms with Crippen LogP contribution in [0, 0.1) is 0 Å². The second kappa shape index (κ2) is 5.78. The van der Waals surface area contributed by atoms with Gasteiger partial charge < -0.3 is 10.2 Å². The van der Waals surface area contributed by atoms with Crippen LogP contribution in [-0.2, 0) is 4.79 Å². The average molecular weight is 272 g/mol. The number of carbonyl (C=O) groups excluding carboxylic acids is 1. The van der Waals surface area contributed by atoms with Gasteiger partial charge in [0, 0.05) is 5.33 Å². The lowest BCUT2D eigenvalue weighted by atomic mass is 10.1. The summed E-state index contributed by atoms with van der Waals surface area (Å²) in [6, 6.07) is 6.36. The fourth-order valence-corrected chi connectivity index (χ4v) is 1.46. The van der Waals surface area contributed by atoms with Crippen molar-refractivity contribution in [2.75, 3.05) is 5.33 Å². The van der Waals surface area contributed by atoms with Gasteiger partial charge in [-0.3, -0.25) is 0 Å². The van der Waals surface area contributed by atoms with Crippen LogP contribution in [0.5, 0.6) is 0 Å². The Morgan fingerprint density at radius 1 is 1.33 bits per heavy atom. The Labute approximate surface area is 95.4 Å². The largest absolute Gasteiger partial charge is 0.389 e. The van der Waals surface area contributed by atoms with Crippen LogP contribution in [0.4, 0.5) is 5.69 Å². The molecule has 1 aromatic rings. The van der Waals surface area contributed by atoms with Gasteiger partial charge in [0.2, 0.25) is 6.08 Å². The molecule has 5 heteroatoms. The number of alkyl halides is 1. The molecule has 0 saturated heterocycles. The predicted molar refractivity (Wildman–Crippen MR) is 59.0 cm³/mol. The van der Waals surface area contributed by atoms with Crippen LogP contribution in [0.2, 0.25) is 0 Å². The number of aliphatic imine (C=N–C) groups is 1. The zero-order valence-corrected chi connectivity index (χ0v) is 9.39. The molecule has 0 aliphatic heterocycles. The van der Waals surface area contributed by atoms with Gasteiger partial charge in [0.05, 0.1) is 11.8 Å². The average Bonchev–Trinajstić information content (AvgIpc) is 2.28. The highest BCUT2D eigenvalue weighted by Gasteiger charge is 2.16. The lowest BCUT2D eigenvalue weighted by Gasteiger charge is -2.15. The molecule has 0 aliphatic carbocycles. The molecule has 0 fully saturated rings. The van der Waals surface area contributed by atoms with Crippen molar-refractivity contribution < 1.29 is 15.0 Å². The quantitative estimate of drug-likeness (QED) is 0.495. The summed E-state index contributed by atoms with van der Waals surface area (Å²) in [6.07, 6.45) is -0.380. The van der Waals surface area contributed by atoms with E-state index in [4.69, 9.17) is 0 Å². The topological polar surface area (TPSA) is 69.9 Å². The van der Waals surface area contributed by atoms with Crippen molar-refractivity contribution >= 4 is 27.7 Å². The van der Waals surface area contributed by atoms with E-state index in [0.29, 0.717) is 16.6 Å². The highest BCUT2D eigenvalue weighted by molar-refractivity contribution is 9.09. The smallest absolute Gasteiger partial charge is 0.240 e. The van der Waals surface area contributed by atoms with Crippen LogP contribution >= 0.6 is 15.9 Å². The van der Waals surface area contributed by atoms with E-state index in [1.54, 1.807) is 24.3 Å². The number of hydrogen-bond donors (Lipinski definition) is 2. The summed E-state index contributed by atoms with van der Waals surface area (Å²) in [7, 11) is 0. The first-order valence-electron chi connectivity index (χ1n) is 4.29. The van der Waals surface area contributed by atoms with Gasteiger partial charge >= 0.3 is 0 Å². The molecule has 80 valence electrons. The molecule has 1 aromatic carbocycles. The van der Waals surface area contributed by atoms with Gasteiger partial charge in [0.1, 0.15) is 6.10 Å². The molecule has 2 atom stereocenters. The van der Waals surface area contributed by atoms with Crippen LogP contribution in [0.25, 0.3) is 0 Å². The second-order valence-electron chi connectivity index (χ2n) is 2.96. The van der Waals surface area contributed by atoms with Crippen LogP contribution in [0.3, 0.4) is 0 Å². The van der Waals surface area contributed by atoms with Crippen LogP contribution in [-0.4, -0.2) is 27.7 Å². The summed E-state index contributed by atoms with van der Waals surface area (Å²) in [5.41, 5.74) is 1.04. The van der Waals surface area contributed by atoms with Crippen LogP contribution < -0.4 is 0 Å². The third-order valence-corrected chi connectivity index (χ3v) is 2.60. The fraction of sp³-hybridized carbons (Fsp3) is 0.300. The number of hydrogen-bond acceptors (Lipinski definition) is 4. The molecule has 0 aliphatic rings. The Morgan fingerprint density at radius 2 is 1.93 bits per heavy atom. The monoisotopic (exact) mass is 271 g/mol.